The second-order valence-corrected chi connectivity index (χ2v) is 9.81. The second-order valence-electron chi connectivity index (χ2n) is 8.27. The molecule has 0 bridgehead atoms. The molecule has 1 aliphatic heterocycles. The first kappa shape index (κ1) is 23.1. The van der Waals surface area contributed by atoms with Crippen molar-refractivity contribution in [1.29, 1.82) is 0 Å². The number of pyridine rings is 1. The zero-order valence-corrected chi connectivity index (χ0v) is 19.1. The Morgan fingerprint density at radius 1 is 1.17 bits per heavy atom. The van der Waals surface area contributed by atoms with Crippen molar-refractivity contribution in [3.63, 3.8) is 0 Å². The molecule has 13 heteroatoms. The molecule has 2 aromatic heterocycles. The van der Waals surface area contributed by atoms with E-state index in [0.29, 0.717) is 46.0 Å². The van der Waals surface area contributed by atoms with Crippen molar-refractivity contribution in [2.75, 3.05) is 18.4 Å². The SMILES string of the molecule is NS(=O)(=O)N1CCC(Nc2n[nH]c3c2nc(-c2c(F)cccc2F)c2cc(/C=N\O)ccc23)CC1. The van der Waals surface area contributed by atoms with Gasteiger partial charge in [0, 0.05) is 29.9 Å². The van der Waals surface area contributed by atoms with E-state index in [1.165, 1.54) is 16.6 Å². The smallest absolute Gasteiger partial charge is 0.276 e. The van der Waals surface area contributed by atoms with Crippen molar-refractivity contribution in [3.05, 3.63) is 53.6 Å². The molecule has 1 fully saturated rings. The third-order valence-corrected chi connectivity index (χ3v) is 7.18. The monoisotopic (exact) mass is 501 g/mol. The fraction of sp³-hybridized carbons (Fsp3) is 0.227. The summed E-state index contributed by atoms with van der Waals surface area (Å²) in [5, 5.41) is 28.8. The van der Waals surface area contributed by atoms with Crippen LogP contribution in [0.3, 0.4) is 0 Å². The van der Waals surface area contributed by atoms with Gasteiger partial charge in [0.1, 0.15) is 17.2 Å². The largest absolute Gasteiger partial charge is 0.411 e. The van der Waals surface area contributed by atoms with Crippen LogP contribution in [0.1, 0.15) is 18.4 Å². The van der Waals surface area contributed by atoms with E-state index in [2.05, 4.69) is 25.7 Å². The number of hydrogen-bond acceptors (Lipinski definition) is 7. The molecular formula is C22H21F2N7O3S. The number of fused-ring (bicyclic) bond motifs is 3. The number of nitrogens with two attached hydrogens (primary N) is 1. The van der Waals surface area contributed by atoms with Gasteiger partial charge in [-0.05, 0) is 36.6 Å². The van der Waals surface area contributed by atoms with Crippen LogP contribution < -0.4 is 10.5 Å². The van der Waals surface area contributed by atoms with Crippen molar-refractivity contribution in [2.45, 2.75) is 18.9 Å². The zero-order valence-electron chi connectivity index (χ0n) is 18.2. The third kappa shape index (κ3) is 4.29. The number of aromatic amines is 1. The van der Waals surface area contributed by atoms with Crippen LogP contribution in [-0.4, -0.2) is 58.5 Å². The van der Waals surface area contributed by atoms with Gasteiger partial charge >= 0.3 is 0 Å². The first-order valence-corrected chi connectivity index (χ1v) is 12.2. The lowest BCUT2D eigenvalue weighted by atomic mass is 10.00. The number of hydrogen-bond donors (Lipinski definition) is 4. The Kier molecular flexibility index (Phi) is 5.83. The summed E-state index contributed by atoms with van der Waals surface area (Å²) in [6.45, 7) is 0.520. The third-order valence-electron chi connectivity index (χ3n) is 6.09. The van der Waals surface area contributed by atoms with E-state index < -0.39 is 21.8 Å². The summed E-state index contributed by atoms with van der Waals surface area (Å²) in [6, 6.07) is 8.53. The molecular weight excluding hydrogens is 480 g/mol. The minimum absolute atomic E-state index is 0.0739. The molecule has 35 heavy (non-hydrogen) atoms. The summed E-state index contributed by atoms with van der Waals surface area (Å²) in [6.07, 6.45) is 2.20. The molecule has 0 unspecified atom stereocenters. The first-order chi connectivity index (χ1) is 16.8. The molecule has 0 amide bonds. The van der Waals surface area contributed by atoms with Gasteiger partial charge in [-0.3, -0.25) is 5.10 Å². The van der Waals surface area contributed by atoms with Crippen molar-refractivity contribution in [1.82, 2.24) is 19.5 Å². The van der Waals surface area contributed by atoms with Crippen LogP contribution in [0, 0.1) is 11.6 Å². The number of rotatable bonds is 5. The summed E-state index contributed by atoms with van der Waals surface area (Å²) >= 11 is 0. The van der Waals surface area contributed by atoms with Crippen LogP contribution in [0.15, 0.2) is 41.6 Å². The maximum atomic E-state index is 14.8. The van der Waals surface area contributed by atoms with Gasteiger partial charge in [-0.1, -0.05) is 23.4 Å². The topological polar surface area (TPSA) is 150 Å². The molecule has 1 aliphatic rings. The Labute approximate surface area is 198 Å². The number of nitrogens with zero attached hydrogens (tertiary/aromatic N) is 4. The summed E-state index contributed by atoms with van der Waals surface area (Å²) in [7, 11) is -3.75. The van der Waals surface area contributed by atoms with E-state index in [0.717, 1.165) is 12.1 Å². The van der Waals surface area contributed by atoms with Crippen LogP contribution in [0.5, 0.6) is 0 Å². The molecule has 3 heterocycles. The van der Waals surface area contributed by atoms with E-state index in [1.807, 2.05) is 0 Å². The number of benzene rings is 2. The Hall–Kier alpha value is -3.68. The molecule has 0 spiro atoms. The number of anilines is 1. The molecule has 4 aromatic rings. The lowest BCUT2D eigenvalue weighted by molar-refractivity contribution is 0.322. The quantitative estimate of drug-likeness (QED) is 0.188. The standard InChI is InChI=1S/C22H21F2N7O3S/c23-16-2-1-3-17(24)18(16)19-15-10-12(11-26-32)4-5-14(15)20-21(28-19)22(30-29-20)27-13-6-8-31(9-7-13)35(25,33)34/h1-5,10-11,13,32H,6-9H2,(H2,25,33,34)(H2,27,29,30)/b26-11-. The van der Waals surface area contributed by atoms with E-state index >= 15 is 0 Å². The maximum Gasteiger partial charge on any atom is 0.276 e. The van der Waals surface area contributed by atoms with Gasteiger partial charge in [0.25, 0.3) is 10.2 Å². The van der Waals surface area contributed by atoms with Crippen LogP contribution in [0.4, 0.5) is 14.6 Å². The lowest BCUT2D eigenvalue weighted by Gasteiger charge is -2.30. The first-order valence-electron chi connectivity index (χ1n) is 10.7. The van der Waals surface area contributed by atoms with Crippen molar-refractivity contribution < 1.29 is 22.4 Å². The van der Waals surface area contributed by atoms with Gasteiger partial charge in [-0.25, -0.2) is 18.9 Å². The van der Waals surface area contributed by atoms with Crippen LogP contribution >= 0.6 is 0 Å². The zero-order chi connectivity index (χ0) is 24.7. The molecule has 2 aromatic carbocycles. The molecule has 0 radical (unpaired) electrons. The Morgan fingerprint density at radius 2 is 1.89 bits per heavy atom. The van der Waals surface area contributed by atoms with E-state index in [1.54, 1.807) is 18.2 Å². The van der Waals surface area contributed by atoms with Gasteiger partial charge in [-0.2, -0.15) is 17.8 Å². The van der Waals surface area contributed by atoms with Crippen LogP contribution in [0.25, 0.3) is 33.1 Å². The summed E-state index contributed by atoms with van der Waals surface area (Å²) in [5.74, 6) is -1.16. The molecule has 1 saturated heterocycles. The highest BCUT2D eigenvalue weighted by molar-refractivity contribution is 7.86. The predicted octanol–water partition coefficient (Wildman–Crippen LogP) is 2.94. The Balaban J connectivity index is 1.62. The Morgan fingerprint density at radius 3 is 2.54 bits per heavy atom. The molecule has 5 rings (SSSR count). The predicted molar refractivity (Wildman–Crippen MR) is 127 cm³/mol. The molecule has 0 atom stereocenters. The normalized spacial score (nSPS) is 16.0. The van der Waals surface area contributed by atoms with E-state index in [4.69, 9.17) is 10.3 Å². The minimum Gasteiger partial charge on any atom is -0.411 e. The molecule has 0 aliphatic carbocycles. The summed E-state index contributed by atoms with van der Waals surface area (Å²) in [5.41, 5.74) is 1.24. The van der Waals surface area contributed by atoms with Crippen molar-refractivity contribution in [2.24, 2.45) is 10.3 Å². The summed E-state index contributed by atoms with van der Waals surface area (Å²) in [4.78, 5) is 4.61. The fourth-order valence-electron chi connectivity index (χ4n) is 4.39. The highest BCUT2D eigenvalue weighted by atomic mass is 32.2. The molecule has 5 N–H and O–H groups in total. The average molecular weight is 502 g/mol. The maximum absolute atomic E-state index is 14.8. The fourth-order valence-corrected chi connectivity index (χ4v) is 5.11. The van der Waals surface area contributed by atoms with E-state index in [-0.39, 0.29) is 30.4 Å². The second kappa shape index (κ2) is 8.83. The molecule has 182 valence electrons. The van der Waals surface area contributed by atoms with Gasteiger partial charge < -0.3 is 10.5 Å². The van der Waals surface area contributed by atoms with Crippen molar-refractivity contribution >= 4 is 44.0 Å². The van der Waals surface area contributed by atoms with Crippen LogP contribution in [0.2, 0.25) is 0 Å². The van der Waals surface area contributed by atoms with Crippen molar-refractivity contribution in [3.8, 4) is 11.3 Å². The summed E-state index contributed by atoms with van der Waals surface area (Å²) < 4.78 is 54.0. The Bertz CT molecular complexity index is 1540. The highest BCUT2D eigenvalue weighted by Gasteiger charge is 2.27. The van der Waals surface area contributed by atoms with Gasteiger partial charge in [0.15, 0.2) is 5.82 Å². The number of halogens is 2. The van der Waals surface area contributed by atoms with Gasteiger partial charge in [-0.15, -0.1) is 0 Å². The molecule has 0 saturated carbocycles. The van der Waals surface area contributed by atoms with Gasteiger partial charge in [0.2, 0.25) is 0 Å². The lowest BCUT2D eigenvalue weighted by Crippen LogP contribution is -2.45. The number of H-pyrrole nitrogens is 1. The number of piperidine rings is 1. The minimum atomic E-state index is -3.75. The number of aromatic nitrogens is 3. The van der Waals surface area contributed by atoms with Gasteiger partial charge in [0.05, 0.1) is 23.0 Å². The number of oxime groups is 1. The highest BCUT2D eigenvalue weighted by Crippen LogP contribution is 2.36. The average Bonchev–Trinajstić information content (AvgIpc) is 3.21. The number of nitrogens with one attached hydrogen (secondary N) is 2. The van der Waals surface area contributed by atoms with E-state index in [9.17, 15) is 17.2 Å². The van der Waals surface area contributed by atoms with Crippen LogP contribution in [-0.2, 0) is 10.2 Å². The molecule has 10 nitrogen and oxygen atoms in total.